The summed E-state index contributed by atoms with van der Waals surface area (Å²) in [6.07, 6.45) is 1.94. The van der Waals surface area contributed by atoms with E-state index in [0.717, 1.165) is 25.9 Å². The van der Waals surface area contributed by atoms with E-state index in [1.807, 2.05) is 0 Å². The lowest BCUT2D eigenvalue weighted by Crippen LogP contribution is -2.34. The molecule has 5 nitrogen and oxygen atoms in total. The van der Waals surface area contributed by atoms with Gasteiger partial charge in [-0.05, 0) is 38.1 Å². The summed E-state index contributed by atoms with van der Waals surface area (Å²) in [6, 6.07) is 3.96. The van der Waals surface area contributed by atoms with Crippen LogP contribution in [0, 0.1) is 5.82 Å². The molecule has 0 aromatic heterocycles. The van der Waals surface area contributed by atoms with Crippen molar-refractivity contribution in [3.05, 3.63) is 24.0 Å². The first-order valence-corrected chi connectivity index (χ1v) is 6.65. The maximum atomic E-state index is 13.0. The number of benzene rings is 1. The summed E-state index contributed by atoms with van der Waals surface area (Å²) < 4.78 is 23.6. The first kappa shape index (κ1) is 14.7. The van der Waals surface area contributed by atoms with Gasteiger partial charge >= 0.3 is 0 Å². The lowest BCUT2D eigenvalue weighted by molar-refractivity contribution is -0.123. The van der Waals surface area contributed by atoms with Crippen molar-refractivity contribution in [2.75, 3.05) is 32.1 Å². The third kappa shape index (κ3) is 4.18. The molecule has 110 valence electrons. The maximum absolute atomic E-state index is 13.0. The summed E-state index contributed by atoms with van der Waals surface area (Å²) in [5.41, 5.74) is 0.438. The zero-order valence-electron chi connectivity index (χ0n) is 11.4. The Morgan fingerprint density at radius 3 is 2.90 bits per heavy atom. The van der Waals surface area contributed by atoms with Gasteiger partial charge in [0.05, 0.1) is 18.9 Å². The summed E-state index contributed by atoms with van der Waals surface area (Å²) in [5, 5.41) is 5.89. The second-order valence-corrected chi connectivity index (χ2v) is 4.65. The maximum Gasteiger partial charge on any atom is 0.250 e. The molecule has 0 aliphatic carbocycles. The van der Waals surface area contributed by atoms with Crippen molar-refractivity contribution < 1.29 is 18.7 Å². The smallest absolute Gasteiger partial charge is 0.250 e. The van der Waals surface area contributed by atoms with Crippen molar-refractivity contribution in [2.45, 2.75) is 18.9 Å². The first-order chi connectivity index (χ1) is 9.69. The average Bonchev–Trinajstić information content (AvgIpc) is 2.48. The molecule has 1 heterocycles. The highest BCUT2D eigenvalue weighted by Gasteiger charge is 2.15. The van der Waals surface area contributed by atoms with Gasteiger partial charge in [0, 0.05) is 6.07 Å². The third-order valence-electron chi connectivity index (χ3n) is 3.17. The highest BCUT2D eigenvalue weighted by Crippen LogP contribution is 2.24. The van der Waals surface area contributed by atoms with Crippen LogP contribution in [-0.4, -0.2) is 38.8 Å². The molecule has 1 aromatic carbocycles. The summed E-state index contributed by atoms with van der Waals surface area (Å²) in [5.74, 6) is -0.389. The quantitative estimate of drug-likeness (QED) is 0.860. The largest absolute Gasteiger partial charge is 0.494 e. The van der Waals surface area contributed by atoms with Crippen LogP contribution in [0.5, 0.6) is 5.75 Å². The van der Waals surface area contributed by atoms with Gasteiger partial charge in [-0.25, -0.2) is 4.39 Å². The van der Waals surface area contributed by atoms with Crippen molar-refractivity contribution in [3.8, 4) is 5.75 Å². The van der Waals surface area contributed by atoms with E-state index in [2.05, 4.69) is 10.6 Å². The summed E-state index contributed by atoms with van der Waals surface area (Å²) in [6.45, 7) is 1.82. The molecule has 0 saturated carbocycles. The number of hydrogen-bond acceptors (Lipinski definition) is 4. The molecule has 0 spiro atoms. The SMILES string of the molecule is COc1cc(F)ccc1NC(=O)COC1CCNCC1. The minimum atomic E-state index is -0.411. The molecule has 0 unspecified atom stereocenters. The summed E-state index contributed by atoms with van der Waals surface area (Å²) in [7, 11) is 1.43. The van der Waals surface area contributed by atoms with Crippen molar-refractivity contribution >= 4 is 11.6 Å². The second kappa shape index (κ2) is 7.21. The fraction of sp³-hybridized carbons (Fsp3) is 0.500. The number of carbonyl (C=O) groups is 1. The number of halogens is 1. The van der Waals surface area contributed by atoms with Gasteiger partial charge in [0.2, 0.25) is 5.91 Å². The van der Waals surface area contributed by atoms with Gasteiger partial charge in [-0.1, -0.05) is 0 Å². The third-order valence-corrected chi connectivity index (χ3v) is 3.17. The molecule has 1 aliphatic rings. The van der Waals surface area contributed by atoms with Crippen molar-refractivity contribution in [3.63, 3.8) is 0 Å². The van der Waals surface area contributed by atoms with Gasteiger partial charge in [-0.2, -0.15) is 0 Å². The Balaban J connectivity index is 1.84. The summed E-state index contributed by atoms with van der Waals surface area (Å²) >= 11 is 0. The van der Waals surface area contributed by atoms with Crippen LogP contribution in [0.25, 0.3) is 0 Å². The average molecular weight is 282 g/mol. The molecule has 1 fully saturated rings. The van der Waals surface area contributed by atoms with Crippen LogP contribution in [0.3, 0.4) is 0 Å². The van der Waals surface area contributed by atoms with E-state index < -0.39 is 5.82 Å². The molecular weight excluding hydrogens is 263 g/mol. The second-order valence-electron chi connectivity index (χ2n) is 4.65. The van der Waals surface area contributed by atoms with E-state index in [-0.39, 0.29) is 18.6 Å². The predicted octanol–water partition coefficient (Wildman–Crippen LogP) is 1.54. The molecule has 0 atom stereocenters. The minimum Gasteiger partial charge on any atom is -0.494 e. The van der Waals surface area contributed by atoms with Crippen LogP contribution in [0.15, 0.2) is 18.2 Å². The van der Waals surface area contributed by atoms with Gasteiger partial charge in [-0.15, -0.1) is 0 Å². The van der Waals surface area contributed by atoms with E-state index in [1.54, 1.807) is 0 Å². The van der Waals surface area contributed by atoms with Gasteiger partial charge in [0.15, 0.2) is 0 Å². The Hall–Kier alpha value is -1.66. The zero-order valence-corrected chi connectivity index (χ0v) is 11.4. The Bertz CT molecular complexity index is 462. The molecule has 2 rings (SSSR count). The fourth-order valence-corrected chi connectivity index (χ4v) is 2.11. The molecule has 0 radical (unpaired) electrons. The van der Waals surface area contributed by atoms with Crippen LogP contribution in [-0.2, 0) is 9.53 Å². The Morgan fingerprint density at radius 2 is 2.20 bits per heavy atom. The lowest BCUT2D eigenvalue weighted by atomic mass is 10.1. The lowest BCUT2D eigenvalue weighted by Gasteiger charge is -2.22. The van der Waals surface area contributed by atoms with Crippen LogP contribution in [0.1, 0.15) is 12.8 Å². The Labute approximate surface area is 117 Å². The molecule has 1 aromatic rings. The highest BCUT2D eigenvalue weighted by atomic mass is 19.1. The van der Waals surface area contributed by atoms with Gasteiger partial charge < -0.3 is 20.1 Å². The number of hydrogen-bond donors (Lipinski definition) is 2. The number of nitrogens with one attached hydrogen (secondary N) is 2. The number of anilines is 1. The first-order valence-electron chi connectivity index (χ1n) is 6.65. The number of ether oxygens (including phenoxy) is 2. The van der Waals surface area contributed by atoms with Gasteiger partial charge in [0.1, 0.15) is 18.2 Å². The normalized spacial score (nSPS) is 15.9. The number of piperidine rings is 1. The van der Waals surface area contributed by atoms with Crippen molar-refractivity contribution in [1.82, 2.24) is 5.32 Å². The van der Waals surface area contributed by atoms with Crippen LogP contribution in [0.4, 0.5) is 10.1 Å². The van der Waals surface area contributed by atoms with E-state index in [9.17, 15) is 9.18 Å². The summed E-state index contributed by atoms with van der Waals surface area (Å²) in [4.78, 5) is 11.8. The Kier molecular flexibility index (Phi) is 5.31. The highest BCUT2D eigenvalue weighted by molar-refractivity contribution is 5.93. The van der Waals surface area contributed by atoms with Gasteiger partial charge in [0.25, 0.3) is 0 Å². The van der Waals surface area contributed by atoms with Crippen LogP contribution < -0.4 is 15.4 Å². The molecule has 6 heteroatoms. The molecule has 1 aliphatic heterocycles. The van der Waals surface area contributed by atoms with E-state index in [0.29, 0.717) is 11.4 Å². The van der Waals surface area contributed by atoms with E-state index in [4.69, 9.17) is 9.47 Å². The van der Waals surface area contributed by atoms with Crippen LogP contribution >= 0.6 is 0 Å². The number of methoxy groups -OCH3 is 1. The molecule has 0 bridgehead atoms. The van der Waals surface area contributed by atoms with Gasteiger partial charge in [-0.3, -0.25) is 4.79 Å². The Morgan fingerprint density at radius 1 is 1.45 bits per heavy atom. The zero-order chi connectivity index (χ0) is 14.4. The number of amides is 1. The topological polar surface area (TPSA) is 59.6 Å². The minimum absolute atomic E-state index is 0.00873. The monoisotopic (exact) mass is 282 g/mol. The standard InChI is InChI=1S/C14H19FN2O3/c1-19-13-8-10(15)2-3-12(13)17-14(18)9-20-11-4-6-16-7-5-11/h2-3,8,11,16H,4-7,9H2,1H3,(H,17,18). The fourth-order valence-electron chi connectivity index (χ4n) is 2.11. The van der Waals surface area contributed by atoms with E-state index >= 15 is 0 Å². The van der Waals surface area contributed by atoms with Crippen molar-refractivity contribution in [2.24, 2.45) is 0 Å². The molecule has 20 heavy (non-hydrogen) atoms. The molecule has 1 amide bonds. The predicted molar refractivity (Wildman–Crippen MR) is 73.4 cm³/mol. The van der Waals surface area contributed by atoms with E-state index in [1.165, 1.54) is 25.3 Å². The molecular formula is C14H19FN2O3. The molecule has 1 saturated heterocycles. The molecule has 2 N–H and O–H groups in total. The van der Waals surface area contributed by atoms with Crippen LogP contribution in [0.2, 0.25) is 0 Å². The number of carbonyl (C=O) groups excluding carboxylic acids is 1. The van der Waals surface area contributed by atoms with Crippen molar-refractivity contribution in [1.29, 1.82) is 0 Å². The number of rotatable bonds is 5.